The molecular formula is C48H96N6. The minimum absolute atomic E-state index is 0.939. The third-order valence-corrected chi connectivity index (χ3v) is 15.5. The largest absolute Gasteiger partial charge is 0.306 e. The molecule has 11 unspecified atom stereocenters. The number of hydrogen-bond acceptors (Lipinski definition) is 6. The van der Waals surface area contributed by atoms with Crippen molar-refractivity contribution in [2.75, 3.05) is 113 Å². The molecule has 0 aromatic carbocycles. The molecule has 0 N–H and O–H groups in total. The zero-order chi connectivity index (χ0) is 39.2. The summed E-state index contributed by atoms with van der Waals surface area (Å²) in [6.07, 6.45) is 18.9. The van der Waals surface area contributed by atoms with Gasteiger partial charge in [0.15, 0.2) is 0 Å². The molecule has 318 valence electrons. The fraction of sp³-hybridized carbons (Fsp3) is 1.00. The van der Waals surface area contributed by atoms with E-state index < -0.39 is 0 Å². The van der Waals surface area contributed by atoms with Gasteiger partial charge in [-0.05, 0) is 191 Å². The molecule has 0 aromatic rings. The summed E-state index contributed by atoms with van der Waals surface area (Å²) in [6, 6.07) is 0.940. The van der Waals surface area contributed by atoms with Crippen LogP contribution in [-0.4, -0.2) is 149 Å². The molecule has 10 rings (SSSR count). The van der Waals surface area contributed by atoms with Crippen molar-refractivity contribution < 1.29 is 0 Å². The minimum atomic E-state index is 0.939. The minimum Gasteiger partial charge on any atom is -0.306 e. The van der Waals surface area contributed by atoms with Crippen molar-refractivity contribution in [1.29, 1.82) is 0 Å². The highest BCUT2D eigenvalue weighted by atomic mass is 15.2. The Morgan fingerprint density at radius 1 is 0.352 bits per heavy atom. The number of rotatable bonds is 0. The second-order valence-corrected chi connectivity index (χ2v) is 21.4. The zero-order valence-electron chi connectivity index (χ0n) is 38.4. The first-order valence-corrected chi connectivity index (χ1v) is 24.0. The van der Waals surface area contributed by atoms with Crippen LogP contribution in [0.4, 0.5) is 0 Å². The Morgan fingerprint density at radius 2 is 0.852 bits per heavy atom. The van der Waals surface area contributed by atoms with Crippen LogP contribution < -0.4 is 0 Å². The normalized spacial score (nSPS) is 40.2. The van der Waals surface area contributed by atoms with Crippen molar-refractivity contribution in [3.05, 3.63) is 0 Å². The molecule has 54 heavy (non-hydrogen) atoms. The van der Waals surface area contributed by atoms with Gasteiger partial charge in [0.2, 0.25) is 0 Å². The van der Waals surface area contributed by atoms with Crippen LogP contribution in [0.3, 0.4) is 0 Å². The van der Waals surface area contributed by atoms with Crippen LogP contribution in [0.1, 0.15) is 132 Å². The first-order valence-electron chi connectivity index (χ1n) is 24.0. The van der Waals surface area contributed by atoms with Gasteiger partial charge < -0.3 is 29.4 Å². The maximum Gasteiger partial charge on any atom is 0.0121 e. The topological polar surface area (TPSA) is 19.4 Å². The van der Waals surface area contributed by atoms with Crippen LogP contribution in [0.25, 0.3) is 0 Å². The molecular weight excluding hydrogens is 661 g/mol. The Hall–Kier alpha value is -0.240. The molecule has 10 aliphatic rings. The highest BCUT2D eigenvalue weighted by molar-refractivity contribution is 4.94. The highest BCUT2D eigenvalue weighted by Crippen LogP contribution is 2.40. The molecule has 2 aliphatic carbocycles. The number of nitrogens with zero attached hydrogens (tertiary/aromatic N) is 6. The third-order valence-electron chi connectivity index (χ3n) is 15.5. The second kappa shape index (κ2) is 24.0. The Morgan fingerprint density at radius 3 is 1.19 bits per heavy atom. The molecule has 0 spiro atoms. The van der Waals surface area contributed by atoms with Gasteiger partial charge in [0.25, 0.3) is 0 Å². The Bertz CT molecular complexity index is 938. The average Bonchev–Trinajstić information content (AvgIpc) is 3.98. The smallest absolute Gasteiger partial charge is 0.0121 e. The molecule has 6 nitrogen and oxygen atoms in total. The monoisotopic (exact) mass is 757 g/mol. The van der Waals surface area contributed by atoms with Gasteiger partial charge in [0.05, 0.1) is 0 Å². The third kappa shape index (κ3) is 16.6. The van der Waals surface area contributed by atoms with Gasteiger partial charge >= 0.3 is 0 Å². The fourth-order valence-electron chi connectivity index (χ4n) is 11.3. The first kappa shape index (κ1) is 46.4. The number of likely N-dealkylation sites (tertiary alicyclic amines) is 4. The van der Waals surface area contributed by atoms with Crippen molar-refractivity contribution in [3.8, 4) is 0 Å². The van der Waals surface area contributed by atoms with Crippen LogP contribution in [-0.2, 0) is 0 Å². The number of hydrogen-bond donors (Lipinski definition) is 0. The lowest BCUT2D eigenvalue weighted by atomic mass is 9.88. The summed E-state index contributed by atoms with van der Waals surface area (Å²) in [4.78, 5) is 14.9. The molecule has 0 radical (unpaired) electrons. The van der Waals surface area contributed by atoms with Gasteiger partial charge in [-0.1, -0.05) is 67.7 Å². The maximum absolute atomic E-state index is 2.61. The summed E-state index contributed by atoms with van der Waals surface area (Å²) in [7, 11) is 8.85. The summed E-state index contributed by atoms with van der Waals surface area (Å²) in [5.74, 6) is 10.1. The Kier molecular flexibility index (Phi) is 20.6. The predicted molar refractivity (Wildman–Crippen MR) is 236 cm³/mol. The van der Waals surface area contributed by atoms with Crippen molar-refractivity contribution in [2.24, 2.45) is 59.2 Å². The van der Waals surface area contributed by atoms with Crippen molar-refractivity contribution in [2.45, 2.75) is 138 Å². The second-order valence-electron chi connectivity index (χ2n) is 21.4. The average molecular weight is 757 g/mol. The summed E-state index contributed by atoms with van der Waals surface area (Å²) in [6.45, 7) is 34.0. The van der Waals surface area contributed by atoms with E-state index in [2.05, 4.69) is 106 Å². The van der Waals surface area contributed by atoms with Crippen LogP contribution >= 0.6 is 0 Å². The Balaban J connectivity index is 0.000000141. The van der Waals surface area contributed by atoms with E-state index in [1.807, 2.05) is 0 Å². The molecule has 0 aromatic heterocycles. The van der Waals surface area contributed by atoms with E-state index >= 15 is 0 Å². The van der Waals surface area contributed by atoms with E-state index in [0.717, 1.165) is 65.2 Å². The van der Waals surface area contributed by atoms with E-state index in [1.165, 1.54) is 169 Å². The SMILES string of the molecule is CC1CC2CC1N(C)C2.CC1CCC1.CC1CCCN(C)C1.CC1CCN(C)C1.CC1CCN(C)CC1.CC1CN2CCC1C2.CC1CN2CCCC1C2. The van der Waals surface area contributed by atoms with Crippen LogP contribution in [0, 0.1) is 59.2 Å². The van der Waals surface area contributed by atoms with Gasteiger partial charge in [-0.3, -0.25) is 0 Å². The molecule has 10 fully saturated rings. The fourth-order valence-corrected chi connectivity index (χ4v) is 11.3. The molecule has 8 aliphatic heterocycles. The standard InChI is InChI=1S/2C8H15N.C7H13N.2C7H15N.C6H13N.C5H10/c1-6-3-7-4-8(6)9(2)5-7;1-7-5-9-4-2-3-8(7)6-9;1-6-4-8-3-2-7(6)5-8;1-7-3-5-8(2)6-4-7;1-7-4-3-5-8(2)6-7;1-6-3-4-7(2)5-6;1-5-3-2-4-5/h6-8H,3-5H2,1-2H3;7-8H,2-6H2,1H3;6-7H,2-5H2,1H3;2*7H,3-6H2,1-2H3;6H,3-5H2,1-2H3;5H,2-4H2,1H3. The lowest BCUT2D eigenvalue weighted by Gasteiger charge is -2.27. The van der Waals surface area contributed by atoms with E-state index in [9.17, 15) is 0 Å². The summed E-state index contributed by atoms with van der Waals surface area (Å²) in [5.41, 5.74) is 0. The van der Waals surface area contributed by atoms with Crippen LogP contribution in [0.5, 0.6) is 0 Å². The van der Waals surface area contributed by atoms with E-state index in [-0.39, 0.29) is 0 Å². The van der Waals surface area contributed by atoms with Crippen LogP contribution in [0.15, 0.2) is 0 Å². The van der Waals surface area contributed by atoms with E-state index in [0.29, 0.717) is 0 Å². The molecule has 8 heterocycles. The molecule has 6 bridgehead atoms. The van der Waals surface area contributed by atoms with Crippen molar-refractivity contribution >= 4 is 0 Å². The molecule has 6 heteroatoms. The van der Waals surface area contributed by atoms with E-state index in [4.69, 9.17) is 0 Å². The number of fused-ring (bicyclic) bond motifs is 6. The first-order chi connectivity index (χ1) is 25.7. The lowest BCUT2D eigenvalue weighted by molar-refractivity contribution is 0.204. The van der Waals surface area contributed by atoms with Gasteiger partial charge in [-0.15, -0.1) is 0 Å². The van der Waals surface area contributed by atoms with Gasteiger partial charge in [0, 0.05) is 51.9 Å². The zero-order valence-corrected chi connectivity index (χ0v) is 38.4. The predicted octanol–water partition coefficient (Wildman–Crippen LogP) is 9.11. The van der Waals surface area contributed by atoms with Crippen molar-refractivity contribution in [3.63, 3.8) is 0 Å². The van der Waals surface area contributed by atoms with Gasteiger partial charge in [-0.25, -0.2) is 0 Å². The lowest BCUT2D eigenvalue weighted by Crippen LogP contribution is -2.33. The van der Waals surface area contributed by atoms with E-state index in [1.54, 1.807) is 0 Å². The Labute approximate surface area is 338 Å². The highest BCUT2D eigenvalue weighted by Gasteiger charge is 2.40. The van der Waals surface area contributed by atoms with Gasteiger partial charge in [-0.2, -0.15) is 0 Å². The summed E-state index contributed by atoms with van der Waals surface area (Å²) in [5, 5.41) is 0. The number of piperidine rings is 5. The molecule has 0 amide bonds. The molecule has 11 atom stereocenters. The van der Waals surface area contributed by atoms with Crippen molar-refractivity contribution in [1.82, 2.24) is 29.4 Å². The molecule has 8 saturated heterocycles. The quantitative estimate of drug-likeness (QED) is 0.244. The maximum atomic E-state index is 2.61. The molecule has 2 saturated carbocycles. The van der Waals surface area contributed by atoms with Crippen LogP contribution in [0.2, 0.25) is 0 Å². The summed E-state index contributed by atoms with van der Waals surface area (Å²) >= 11 is 0. The van der Waals surface area contributed by atoms with Gasteiger partial charge in [0.1, 0.15) is 0 Å². The summed E-state index contributed by atoms with van der Waals surface area (Å²) < 4.78 is 0.